The van der Waals surface area contributed by atoms with E-state index in [1.165, 1.54) is 12.1 Å². The quantitative estimate of drug-likeness (QED) is 0.129. The van der Waals surface area contributed by atoms with Gasteiger partial charge in [-0.15, -0.1) is 23.3 Å². The van der Waals surface area contributed by atoms with Crippen molar-refractivity contribution in [2.24, 2.45) is 0 Å². The Labute approximate surface area is 418 Å². The SMILES string of the molecule is N#Cc1ccc(S(=O)(=O)c2cc(-n3c4ccccc4c4cc5c(cc43)c3ccccc3n5-c3ccccc3)cc(-n3c4ccccc4c4cc5c(cc43)c3ccccc3n5-c3ccccc3)c2)cc1.SS. The van der Waals surface area contributed by atoms with Gasteiger partial charge in [0.2, 0.25) is 9.84 Å². The zero-order chi connectivity index (χ0) is 48.0. The van der Waals surface area contributed by atoms with E-state index in [0.29, 0.717) is 16.9 Å². The predicted octanol–water partition coefficient (Wildman–Crippen LogP) is 15.5. The van der Waals surface area contributed by atoms with Gasteiger partial charge in [0.15, 0.2) is 0 Å². The van der Waals surface area contributed by atoms with Crippen LogP contribution in [0, 0.1) is 11.3 Å². The van der Waals surface area contributed by atoms with Crippen molar-refractivity contribution in [1.29, 1.82) is 5.26 Å². The maximum absolute atomic E-state index is 15.1. The van der Waals surface area contributed by atoms with Crippen LogP contribution in [-0.2, 0) is 9.84 Å². The van der Waals surface area contributed by atoms with Crippen LogP contribution in [0.1, 0.15) is 5.56 Å². The highest BCUT2D eigenvalue weighted by atomic mass is 33.1. The number of para-hydroxylation sites is 6. The maximum atomic E-state index is 15.1. The van der Waals surface area contributed by atoms with Crippen molar-refractivity contribution >= 4 is 120 Å². The molecule has 4 aromatic heterocycles. The monoisotopic (exact) mass is 969 g/mol. The Morgan fingerprint density at radius 3 is 0.958 bits per heavy atom. The summed E-state index contributed by atoms with van der Waals surface area (Å²) in [5, 5.41) is 18.3. The summed E-state index contributed by atoms with van der Waals surface area (Å²) in [6.07, 6.45) is 0. The van der Waals surface area contributed by atoms with E-state index in [2.05, 4.69) is 211 Å². The predicted molar refractivity (Wildman–Crippen MR) is 298 cm³/mol. The summed E-state index contributed by atoms with van der Waals surface area (Å²) >= 11 is 6.44. The fraction of sp³-hybridized carbons (Fsp3) is 0. The third-order valence-corrected chi connectivity index (χ3v) is 15.7. The molecule has 338 valence electrons. The molecule has 0 amide bonds. The van der Waals surface area contributed by atoms with Gasteiger partial charge in [-0.25, -0.2) is 8.42 Å². The number of sulfone groups is 1. The lowest BCUT2D eigenvalue weighted by atomic mass is 10.1. The lowest BCUT2D eigenvalue weighted by molar-refractivity contribution is 0.596. The number of hydrogen-bond donors (Lipinski definition) is 2. The number of aromatic nitrogens is 4. The van der Waals surface area contributed by atoms with Crippen LogP contribution in [0.2, 0.25) is 0 Å². The van der Waals surface area contributed by atoms with E-state index in [-0.39, 0.29) is 9.79 Å². The lowest BCUT2D eigenvalue weighted by Gasteiger charge is -2.16. The highest BCUT2D eigenvalue weighted by Gasteiger charge is 2.25. The first kappa shape index (κ1) is 42.6. The minimum atomic E-state index is -4.13. The summed E-state index contributed by atoms with van der Waals surface area (Å²) in [6.45, 7) is 0. The van der Waals surface area contributed by atoms with Crippen molar-refractivity contribution in [1.82, 2.24) is 18.3 Å². The van der Waals surface area contributed by atoms with Crippen molar-refractivity contribution in [2.75, 3.05) is 0 Å². The maximum Gasteiger partial charge on any atom is 0.206 e. The van der Waals surface area contributed by atoms with E-state index in [0.717, 1.165) is 98.6 Å². The minimum absolute atomic E-state index is 0.111. The van der Waals surface area contributed by atoms with Crippen molar-refractivity contribution in [2.45, 2.75) is 9.79 Å². The van der Waals surface area contributed by atoms with Crippen LogP contribution in [0.5, 0.6) is 0 Å². The van der Waals surface area contributed by atoms with Crippen molar-refractivity contribution < 1.29 is 8.42 Å². The van der Waals surface area contributed by atoms with E-state index in [1.807, 2.05) is 24.3 Å². The number of benzene rings is 10. The molecular weight excluding hydrogens is 931 g/mol. The highest BCUT2D eigenvalue weighted by molar-refractivity contribution is 8.59. The average molecular weight is 970 g/mol. The number of hydrogen-bond acceptors (Lipinski definition) is 5. The first-order chi connectivity index (χ1) is 34.9. The number of fused-ring (bicyclic) bond motifs is 12. The Morgan fingerprint density at radius 2 is 0.620 bits per heavy atom. The first-order valence-electron chi connectivity index (χ1n) is 23.1. The van der Waals surface area contributed by atoms with Gasteiger partial charge in [-0.3, -0.25) is 0 Å². The van der Waals surface area contributed by atoms with Crippen LogP contribution in [0.25, 0.3) is 110 Å². The van der Waals surface area contributed by atoms with E-state index < -0.39 is 9.84 Å². The fourth-order valence-electron chi connectivity index (χ4n) is 11.0. The summed E-state index contributed by atoms with van der Waals surface area (Å²) in [5.41, 5.74) is 12.1. The highest BCUT2D eigenvalue weighted by Crippen LogP contribution is 2.43. The molecular formula is C61H39N5O2S3. The van der Waals surface area contributed by atoms with Gasteiger partial charge in [0.25, 0.3) is 0 Å². The molecule has 10 heteroatoms. The topological polar surface area (TPSA) is 77.7 Å². The normalized spacial score (nSPS) is 11.9. The number of nitrogens with zero attached hydrogens (tertiary/aromatic N) is 5. The smallest absolute Gasteiger partial charge is 0.206 e. The van der Waals surface area contributed by atoms with Crippen molar-refractivity contribution in [3.8, 4) is 28.8 Å². The van der Waals surface area contributed by atoms with E-state index >= 15 is 8.42 Å². The standard InChI is InChI=1S/C61H37N5O2S.H2S2/c62-38-39-27-29-44(30-28-39)69(67,68)45-32-42(65-56-25-13-9-21-48(56)52-34-58-50(36-60(52)65)46-19-7-11-23-54(46)63(58)40-15-3-1-4-16-40)31-43(33-45)66-57-26-14-10-22-49(57)53-35-59-51(37-61(53)66)47-20-8-12-24-55(47)64(59)41-17-5-2-6-18-41;1-2/h1-37H;1-2H. The zero-order valence-corrected chi connectivity index (χ0v) is 40.3. The molecule has 0 aliphatic heterocycles. The molecule has 0 bridgehead atoms. The molecule has 0 saturated carbocycles. The number of nitriles is 1. The van der Waals surface area contributed by atoms with Crippen molar-refractivity contribution in [3.63, 3.8) is 0 Å². The Hall–Kier alpha value is -8.46. The minimum Gasteiger partial charge on any atom is -0.309 e. The van der Waals surface area contributed by atoms with E-state index in [1.54, 1.807) is 24.3 Å². The fourth-order valence-corrected chi connectivity index (χ4v) is 12.3. The zero-order valence-electron chi connectivity index (χ0n) is 37.7. The molecule has 0 N–H and O–H groups in total. The third kappa shape index (κ3) is 6.48. The molecule has 0 fully saturated rings. The second-order valence-corrected chi connectivity index (χ2v) is 19.6. The van der Waals surface area contributed by atoms with Gasteiger partial charge in [-0.05, 0) is 115 Å². The van der Waals surface area contributed by atoms with Gasteiger partial charge >= 0.3 is 0 Å². The lowest BCUT2D eigenvalue weighted by Crippen LogP contribution is -2.06. The molecule has 0 spiro atoms. The van der Waals surface area contributed by atoms with Crippen LogP contribution in [0.4, 0.5) is 0 Å². The number of thiol groups is 2. The Kier molecular flexibility index (Phi) is 9.97. The van der Waals surface area contributed by atoms with Gasteiger partial charge in [-0.2, -0.15) is 5.26 Å². The summed E-state index contributed by atoms with van der Waals surface area (Å²) in [7, 11) is -4.13. The van der Waals surface area contributed by atoms with Crippen LogP contribution in [-0.4, -0.2) is 26.7 Å². The Balaban J connectivity index is 0.00000243. The summed E-state index contributed by atoms with van der Waals surface area (Å²) < 4.78 is 39.4. The van der Waals surface area contributed by atoms with E-state index in [9.17, 15) is 5.26 Å². The van der Waals surface area contributed by atoms with Gasteiger partial charge in [0, 0.05) is 65.8 Å². The van der Waals surface area contributed by atoms with Gasteiger partial charge in [-0.1, -0.05) is 109 Å². The molecule has 0 aliphatic carbocycles. The Morgan fingerprint density at radius 1 is 0.310 bits per heavy atom. The second-order valence-electron chi connectivity index (χ2n) is 17.7. The number of rotatable bonds is 6. The van der Waals surface area contributed by atoms with Crippen molar-refractivity contribution in [3.05, 3.63) is 230 Å². The van der Waals surface area contributed by atoms with Gasteiger partial charge in [0.1, 0.15) is 0 Å². The van der Waals surface area contributed by atoms with Crippen LogP contribution in [0.15, 0.2) is 234 Å². The molecule has 10 aromatic carbocycles. The van der Waals surface area contributed by atoms with Crippen LogP contribution < -0.4 is 0 Å². The average Bonchev–Trinajstić information content (AvgIpc) is 4.15. The Bertz CT molecular complexity index is 4370. The molecule has 0 unspecified atom stereocenters. The molecule has 14 rings (SSSR count). The molecule has 4 heterocycles. The second kappa shape index (κ2) is 16.6. The molecule has 0 atom stereocenters. The molecule has 0 aliphatic rings. The molecule has 71 heavy (non-hydrogen) atoms. The summed E-state index contributed by atoms with van der Waals surface area (Å²) in [4.78, 5) is 0.250. The third-order valence-electron chi connectivity index (χ3n) is 14.0. The van der Waals surface area contributed by atoms with Crippen LogP contribution in [0.3, 0.4) is 0 Å². The molecule has 0 saturated heterocycles. The molecule has 7 nitrogen and oxygen atoms in total. The van der Waals surface area contributed by atoms with Crippen LogP contribution >= 0.6 is 23.3 Å². The van der Waals surface area contributed by atoms with E-state index in [4.69, 9.17) is 0 Å². The molecule has 14 aromatic rings. The molecule has 0 radical (unpaired) electrons. The van der Waals surface area contributed by atoms with Gasteiger partial charge in [0.05, 0.1) is 65.6 Å². The summed E-state index contributed by atoms with van der Waals surface area (Å²) in [6, 6.07) is 77.9. The largest absolute Gasteiger partial charge is 0.309 e. The first-order valence-corrected chi connectivity index (χ1v) is 26.2. The van der Waals surface area contributed by atoms with Gasteiger partial charge < -0.3 is 18.3 Å². The summed E-state index contributed by atoms with van der Waals surface area (Å²) in [5.74, 6) is 0.